The maximum Gasteiger partial charge on any atom is 0.197 e. The molecule has 0 fully saturated rings. The molecule has 0 bridgehead atoms. The minimum atomic E-state index is -0.550. The van der Waals surface area contributed by atoms with E-state index in [2.05, 4.69) is 0 Å². The molecule has 1 unspecified atom stereocenters. The number of hydrogen-bond acceptors (Lipinski definition) is 3. The highest BCUT2D eigenvalue weighted by Gasteiger charge is 2.13. The van der Waals surface area contributed by atoms with Gasteiger partial charge in [0.05, 0.1) is 5.02 Å². The molecule has 0 saturated heterocycles. The fourth-order valence-electron chi connectivity index (χ4n) is 1.15. The Labute approximate surface area is 107 Å². The molecule has 0 aliphatic rings. The molecule has 0 aromatic heterocycles. The second-order valence-corrected chi connectivity index (χ2v) is 4.28. The summed E-state index contributed by atoms with van der Waals surface area (Å²) in [5.74, 6) is 0.423. The van der Waals surface area contributed by atoms with Crippen molar-refractivity contribution in [3.05, 3.63) is 41.6 Å². The molecule has 1 aromatic carbocycles. The van der Waals surface area contributed by atoms with Gasteiger partial charge >= 0.3 is 0 Å². The summed E-state index contributed by atoms with van der Waals surface area (Å²) in [5.41, 5.74) is 0. The van der Waals surface area contributed by atoms with Crippen LogP contribution in [0.15, 0.2) is 36.5 Å². The maximum atomic E-state index is 11.7. The number of ether oxygens (including phenoxy) is 1. The minimum absolute atomic E-state index is 0.0985. The van der Waals surface area contributed by atoms with Gasteiger partial charge in [0.15, 0.2) is 11.9 Å². The van der Waals surface area contributed by atoms with Crippen LogP contribution in [0.3, 0.4) is 0 Å². The summed E-state index contributed by atoms with van der Waals surface area (Å²) >= 11 is 5.94. The molecule has 0 aliphatic heterocycles. The van der Waals surface area contributed by atoms with Gasteiger partial charge in [-0.25, -0.2) is 0 Å². The third-order valence-corrected chi connectivity index (χ3v) is 2.39. The van der Waals surface area contributed by atoms with Crippen molar-refractivity contribution in [1.82, 2.24) is 4.90 Å². The van der Waals surface area contributed by atoms with E-state index in [-0.39, 0.29) is 5.78 Å². The maximum absolute atomic E-state index is 11.7. The molecule has 1 aromatic rings. The summed E-state index contributed by atoms with van der Waals surface area (Å²) in [6.07, 6.45) is 2.63. The molecule has 0 aliphatic carbocycles. The van der Waals surface area contributed by atoms with E-state index in [1.165, 1.54) is 6.08 Å². The Hall–Kier alpha value is -1.48. The van der Waals surface area contributed by atoms with Gasteiger partial charge in [-0.3, -0.25) is 4.79 Å². The van der Waals surface area contributed by atoms with E-state index in [1.807, 2.05) is 26.2 Å². The van der Waals surface area contributed by atoms with E-state index in [0.717, 1.165) is 0 Å². The Morgan fingerprint density at radius 1 is 1.41 bits per heavy atom. The first kappa shape index (κ1) is 13.6. The van der Waals surface area contributed by atoms with E-state index in [9.17, 15) is 4.79 Å². The number of benzene rings is 1. The monoisotopic (exact) mass is 253 g/mol. The summed E-state index contributed by atoms with van der Waals surface area (Å²) in [4.78, 5) is 13.5. The Morgan fingerprint density at radius 2 is 2.06 bits per heavy atom. The summed E-state index contributed by atoms with van der Waals surface area (Å²) in [5, 5.41) is 0.503. The molecule has 1 atom stereocenters. The average Bonchev–Trinajstić information content (AvgIpc) is 2.28. The van der Waals surface area contributed by atoms with Crippen LogP contribution in [0.4, 0.5) is 0 Å². The van der Waals surface area contributed by atoms with Crippen molar-refractivity contribution < 1.29 is 9.53 Å². The second kappa shape index (κ2) is 6.30. The van der Waals surface area contributed by atoms with Crippen LogP contribution < -0.4 is 4.74 Å². The fourth-order valence-corrected chi connectivity index (χ4v) is 1.33. The van der Waals surface area contributed by atoms with Crippen molar-refractivity contribution in [2.45, 2.75) is 13.0 Å². The van der Waals surface area contributed by atoms with Crippen LogP contribution in [0, 0.1) is 0 Å². The number of rotatable bonds is 5. The van der Waals surface area contributed by atoms with Gasteiger partial charge in [0.2, 0.25) is 0 Å². The molecule has 0 radical (unpaired) electrons. The van der Waals surface area contributed by atoms with Gasteiger partial charge in [-0.1, -0.05) is 23.7 Å². The zero-order chi connectivity index (χ0) is 12.8. The molecule has 17 heavy (non-hydrogen) atoms. The Bertz CT molecular complexity index is 416. The van der Waals surface area contributed by atoms with E-state index >= 15 is 0 Å². The van der Waals surface area contributed by atoms with Crippen LogP contribution in [0.2, 0.25) is 5.02 Å². The number of nitrogens with zero attached hydrogens (tertiary/aromatic N) is 1. The molecule has 3 nitrogen and oxygen atoms in total. The van der Waals surface area contributed by atoms with Gasteiger partial charge in [0, 0.05) is 26.4 Å². The lowest BCUT2D eigenvalue weighted by Crippen LogP contribution is -2.22. The Kier molecular flexibility index (Phi) is 5.04. The number of para-hydroxylation sites is 1. The highest BCUT2D eigenvalue weighted by atomic mass is 35.5. The normalized spacial score (nSPS) is 12.5. The molecular weight excluding hydrogens is 238 g/mol. The minimum Gasteiger partial charge on any atom is -0.481 e. The quantitative estimate of drug-likeness (QED) is 0.756. The standard InChI is InChI=1S/C13H16ClNO2/c1-10(12(16)8-9-15(2)3)17-13-7-5-4-6-11(13)14/h4-10H,1-3H3/b9-8+. The molecule has 0 heterocycles. The molecule has 4 heteroatoms. The fraction of sp³-hybridized carbons (Fsp3) is 0.308. The summed E-state index contributed by atoms with van der Waals surface area (Å²) in [6.45, 7) is 1.70. The smallest absolute Gasteiger partial charge is 0.197 e. The summed E-state index contributed by atoms with van der Waals surface area (Å²) in [7, 11) is 3.70. The van der Waals surface area contributed by atoms with Crippen LogP contribution in [-0.2, 0) is 4.79 Å². The van der Waals surface area contributed by atoms with Gasteiger partial charge in [-0.05, 0) is 19.1 Å². The molecule has 0 saturated carbocycles. The van der Waals surface area contributed by atoms with Crippen LogP contribution in [0.25, 0.3) is 0 Å². The van der Waals surface area contributed by atoms with Gasteiger partial charge < -0.3 is 9.64 Å². The lowest BCUT2D eigenvalue weighted by Gasteiger charge is -2.13. The van der Waals surface area contributed by atoms with Crippen molar-refractivity contribution in [3.63, 3.8) is 0 Å². The van der Waals surface area contributed by atoms with Crippen molar-refractivity contribution in [3.8, 4) is 5.75 Å². The lowest BCUT2D eigenvalue weighted by molar-refractivity contribution is -0.120. The van der Waals surface area contributed by atoms with E-state index in [0.29, 0.717) is 10.8 Å². The van der Waals surface area contributed by atoms with Crippen molar-refractivity contribution in [1.29, 1.82) is 0 Å². The third-order valence-electron chi connectivity index (χ3n) is 2.08. The van der Waals surface area contributed by atoms with Crippen LogP contribution >= 0.6 is 11.6 Å². The van der Waals surface area contributed by atoms with E-state index < -0.39 is 6.10 Å². The largest absolute Gasteiger partial charge is 0.481 e. The number of ketones is 1. The molecule has 92 valence electrons. The summed E-state index contributed by atoms with van der Waals surface area (Å²) in [6, 6.07) is 7.09. The predicted octanol–water partition coefficient (Wildman–Crippen LogP) is 2.75. The number of carbonyl (C=O) groups excluding carboxylic acids is 1. The first-order valence-corrected chi connectivity index (χ1v) is 5.68. The van der Waals surface area contributed by atoms with E-state index in [4.69, 9.17) is 16.3 Å². The number of hydrogen-bond donors (Lipinski definition) is 0. The van der Waals surface area contributed by atoms with Gasteiger partial charge in [-0.15, -0.1) is 0 Å². The molecular formula is C13H16ClNO2. The van der Waals surface area contributed by atoms with Gasteiger partial charge in [0.25, 0.3) is 0 Å². The second-order valence-electron chi connectivity index (χ2n) is 3.87. The van der Waals surface area contributed by atoms with Gasteiger partial charge in [0.1, 0.15) is 5.75 Å². The first-order valence-electron chi connectivity index (χ1n) is 5.30. The zero-order valence-electron chi connectivity index (χ0n) is 10.2. The van der Waals surface area contributed by atoms with Crippen molar-refractivity contribution >= 4 is 17.4 Å². The first-order chi connectivity index (χ1) is 8.00. The van der Waals surface area contributed by atoms with Crippen LogP contribution in [0.5, 0.6) is 5.75 Å². The number of halogens is 1. The average molecular weight is 254 g/mol. The van der Waals surface area contributed by atoms with Crippen molar-refractivity contribution in [2.75, 3.05) is 14.1 Å². The molecule has 1 rings (SSSR count). The Balaban J connectivity index is 2.63. The molecule has 0 amide bonds. The van der Waals surface area contributed by atoms with E-state index in [1.54, 1.807) is 30.2 Å². The van der Waals surface area contributed by atoms with Crippen LogP contribution in [-0.4, -0.2) is 30.9 Å². The molecule has 0 N–H and O–H groups in total. The van der Waals surface area contributed by atoms with Gasteiger partial charge in [-0.2, -0.15) is 0 Å². The van der Waals surface area contributed by atoms with Crippen molar-refractivity contribution in [2.24, 2.45) is 0 Å². The van der Waals surface area contributed by atoms with Crippen LogP contribution in [0.1, 0.15) is 6.92 Å². The third kappa shape index (κ3) is 4.49. The topological polar surface area (TPSA) is 29.5 Å². The Morgan fingerprint density at radius 3 is 2.65 bits per heavy atom. The number of carbonyl (C=O) groups is 1. The predicted molar refractivity (Wildman–Crippen MR) is 69.4 cm³/mol. The zero-order valence-corrected chi connectivity index (χ0v) is 10.9. The summed E-state index contributed by atoms with van der Waals surface area (Å²) < 4.78 is 5.49. The highest BCUT2D eigenvalue weighted by Crippen LogP contribution is 2.24. The molecule has 0 spiro atoms. The SMILES string of the molecule is CC(Oc1ccccc1Cl)C(=O)/C=C/N(C)C. The highest BCUT2D eigenvalue weighted by molar-refractivity contribution is 6.32. The lowest BCUT2D eigenvalue weighted by atomic mass is 10.2.